The van der Waals surface area contributed by atoms with Crippen LogP contribution in [0.5, 0.6) is 5.75 Å². The molecule has 0 unspecified atom stereocenters. The van der Waals surface area contributed by atoms with Gasteiger partial charge in [-0.25, -0.2) is 8.42 Å². The zero-order valence-electron chi connectivity index (χ0n) is 10.1. The SMILES string of the molecule is CNC(=O)[C@@H]1CN(S(C)(=O)=O)c2ccccc2O1. The number of amides is 1. The fraction of sp³-hybridized carbons (Fsp3) is 0.364. The van der Waals surface area contributed by atoms with E-state index in [2.05, 4.69) is 5.32 Å². The summed E-state index contributed by atoms with van der Waals surface area (Å²) in [7, 11) is -1.96. The molecule has 0 bridgehead atoms. The number of rotatable bonds is 2. The van der Waals surface area contributed by atoms with Crippen molar-refractivity contribution in [2.75, 3.05) is 24.2 Å². The average Bonchev–Trinajstić information content (AvgIpc) is 2.35. The average molecular weight is 270 g/mol. The van der Waals surface area contributed by atoms with Crippen molar-refractivity contribution < 1.29 is 17.9 Å². The number of fused-ring (bicyclic) bond motifs is 1. The Kier molecular flexibility index (Phi) is 3.16. The Morgan fingerprint density at radius 1 is 1.44 bits per heavy atom. The van der Waals surface area contributed by atoms with Gasteiger partial charge in [0.25, 0.3) is 5.91 Å². The van der Waals surface area contributed by atoms with Crippen LogP contribution in [0.25, 0.3) is 0 Å². The molecule has 98 valence electrons. The second kappa shape index (κ2) is 4.49. The van der Waals surface area contributed by atoms with E-state index < -0.39 is 16.1 Å². The van der Waals surface area contributed by atoms with Crippen LogP contribution in [0.4, 0.5) is 5.69 Å². The maximum Gasteiger partial charge on any atom is 0.262 e. The summed E-state index contributed by atoms with van der Waals surface area (Å²) < 4.78 is 30.2. The molecule has 1 amide bonds. The number of nitrogens with one attached hydrogen (secondary N) is 1. The fourth-order valence-electron chi connectivity index (χ4n) is 1.81. The molecule has 0 aliphatic carbocycles. The standard InChI is InChI=1S/C11H14N2O4S/c1-12-11(14)10-7-13(18(2,15)16)8-5-3-4-6-9(8)17-10/h3-6,10H,7H2,1-2H3,(H,12,14)/t10-/m0/s1. The molecule has 1 aromatic carbocycles. The number of hydrogen-bond acceptors (Lipinski definition) is 4. The third-order valence-corrected chi connectivity index (χ3v) is 3.82. The molecule has 0 fully saturated rings. The lowest BCUT2D eigenvalue weighted by Gasteiger charge is -2.33. The summed E-state index contributed by atoms with van der Waals surface area (Å²) in [5.41, 5.74) is 0.458. The van der Waals surface area contributed by atoms with Gasteiger partial charge in [-0.15, -0.1) is 0 Å². The quantitative estimate of drug-likeness (QED) is 0.818. The predicted molar refractivity (Wildman–Crippen MR) is 67.1 cm³/mol. The maximum absolute atomic E-state index is 11.7. The molecular weight excluding hydrogens is 256 g/mol. The van der Waals surface area contributed by atoms with E-state index in [-0.39, 0.29) is 12.5 Å². The maximum atomic E-state index is 11.7. The summed E-state index contributed by atoms with van der Waals surface area (Å²) in [4.78, 5) is 11.6. The highest BCUT2D eigenvalue weighted by Crippen LogP contribution is 2.34. The Morgan fingerprint density at radius 3 is 2.72 bits per heavy atom. The van der Waals surface area contributed by atoms with E-state index in [1.165, 1.54) is 11.4 Å². The molecule has 7 heteroatoms. The van der Waals surface area contributed by atoms with Gasteiger partial charge in [-0.2, -0.15) is 0 Å². The lowest BCUT2D eigenvalue weighted by molar-refractivity contribution is -0.127. The van der Waals surface area contributed by atoms with Crippen LogP contribution in [0.2, 0.25) is 0 Å². The lowest BCUT2D eigenvalue weighted by atomic mass is 10.2. The van der Waals surface area contributed by atoms with Crippen molar-refractivity contribution in [2.45, 2.75) is 6.10 Å². The van der Waals surface area contributed by atoms with Gasteiger partial charge in [0.2, 0.25) is 10.0 Å². The number of hydrogen-bond donors (Lipinski definition) is 1. The highest BCUT2D eigenvalue weighted by Gasteiger charge is 2.34. The molecule has 0 spiro atoms. The topological polar surface area (TPSA) is 75.7 Å². The van der Waals surface area contributed by atoms with Crippen molar-refractivity contribution in [1.82, 2.24) is 5.32 Å². The lowest BCUT2D eigenvalue weighted by Crippen LogP contribution is -2.49. The number of likely N-dealkylation sites (N-methyl/N-ethyl adjacent to an activating group) is 1. The van der Waals surface area contributed by atoms with Crippen molar-refractivity contribution in [3.8, 4) is 5.75 Å². The van der Waals surface area contributed by atoms with E-state index in [9.17, 15) is 13.2 Å². The minimum atomic E-state index is -3.44. The van der Waals surface area contributed by atoms with E-state index in [4.69, 9.17) is 4.74 Å². The van der Waals surface area contributed by atoms with Gasteiger partial charge >= 0.3 is 0 Å². The van der Waals surface area contributed by atoms with Crippen molar-refractivity contribution in [3.63, 3.8) is 0 Å². The molecule has 0 radical (unpaired) electrons. The van der Waals surface area contributed by atoms with Crippen LogP contribution in [0.1, 0.15) is 0 Å². The van der Waals surface area contributed by atoms with Gasteiger partial charge < -0.3 is 10.1 Å². The highest BCUT2D eigenvalue weighted by atomic mass is 32.2. The third-order valence-electron chi connectivity index (χ3n) is 2.67. The van der Waals surface area contributed by atoms with E-state index >= 15 is 0 Å². The van der Waals surface area contributed by atoms with Crippen LogP contribution in [0, 0.1) is 0 Å². The van der Waals surface area contributed by atoms with Crippen LogP contribution < -0.4 is 14.4 Å². The Hall–Kier alpha value is -1.76. The first kappa shape index (κ1) is 12.7. The first-order valence-corrected chi connectivity index (χ1v) is 7.23. The summed E-state index contributed by atoms with van der Waals surface area (Å²) in [5, 5.41) is 2.45. The molecule has 1 aliphatic heterocycles. The number of benzene rings is 1. The predicted octanol–water partition coefficient (Wildman–Crippen LogP) is -0.0404. The Morgan fingerprint density at radius 2 is 2.11 bits per heavy atom. The van der Waals surface area contributed by atoms with Crippen LogP contribution in [0.3, 0.4) is 0 Å². The summed E-state index contributed by atoms with van der Waals surface area (Å²) in [5.74, 6) is 0.0425. The first-order valence-electron chi connectivity index (χ1n) is 5.38. The summed E-state index contributed by atoms with van der Waals surface area (Å²) in [6, 6.07) is 6.74. The van der Waals surface area contributed by atoms with E-state index in [0.29, 0.717) is 11.4 Å². The highest BCUT2D eigenvalue weighted by molar-refractivity contribution is 7.92. The normalized spacial score (nSPS) is 18.8. The number of ether oxygens (including phenoxy) is 1. The molecular formula is C11H14N2O4S. The number of para-hydroxylation sites is 2. The van der Waals surface area contributed by atoms with Crippen molar-refractivity contribution in [3.05, 3.63) is 24.3 Å². The number of anilines is 1. The molecule has 6 nitrogen and oxygen atoms in total. The van der Waals surface area contributed by atoms with Gasteiger partial charge in [0.15, 0.2) is 6.10 Å². The van der Waals surface area contributed by atoms with Gasteiger partial charge in [-0.05, 0) is 12.1 Å². The van der Waals surface area contributed by atoms with E-state index in [1.54, 1.807) is 24.3 Å². The molecule has 2 rings (SSSR count). The van der Waals surface area contributed by atoms with Crippen molar-refractivity contribution in [1.29, 1.82) is 0 Å². The first-order chi connectivity index (χ1) is 8.43. The molecule has 0 aromatic heterocycles. The molecule has 1 N–H and O–H groups in total. The van der Waals surface area contributed by atoms with Gasteiger partial charge in [0.1, 0.15) is 5.75 Å². The van der Waals surface area contributed by atoms with Gasteiger partial charge in [-0.3, -0.25) is 9.10 Å². The Labute approximate surface area is 106 Å². The Balaban J connectivity index is 2.45. The summed E-state index contributed by atoms with van der Waals surface area (Å²) in [6.07, 6.45) is 0.273. The second-order valence-corrected chi connectivity index (χ2v) is 5.89. The van der Waals surface area contributed by atoms with Crippen molar-refractivity contribution >= 4 is 21.6 Å². The monoisotopic (exact) mass is 270 g/mol. The summed E-state index contributed by atoms with van der Waals surface area (Å²) >= 11 is 0. The van der Waals surface area contributed by atoms with E-state index in [0.717, 1.165) is 6.26 Å². The molecule has 1 aliphatic rings. The molecule has 0 saturated heterocycles. The largest absolute Gasteiger partial charge is 0.476 e. The Bertz CT molecular complexity index is 570. The van der Waals surface area contributed by atoms with Gasteiger partial charge in [0.05, 0.1) is 18.5 Å². The van der Waals surface area contributed by atoms with Crippen LogP contribution >= 0.6 is 0 Å². The van der Waals surface area contributed by atoms with Gasteiger partial charge in [0, 0.05) is 7.05 Å². The summed E-state index contributed by atoms with van der Waals surface area (Å²) in [6.45, 7) is -0.0183. The zero-order valence-corrected chi connectivity index (χ0v) is 10.9. The van der Waals surface area contributed by atoms with Gasteiger partial charge in [-0.1, -0.05) is 12.1 Å². The smallest absolute Gasteiger partial charge is 0.262 e. The fourth-order valence-corrected chi connectivity index (χ4v) is 2.73. The van der Waals surface area contributed by atoms with Crippen LogP contribution in [-0.4, -0.2) is 40.3 Å². The molecule has 1 atom stereocenters. The molecule has 0 saturated carbocycles. The zero-order chi connectivity index (χ0) is 13.3. The molecule has 1 aromatic rings. The minimum absolute atomic E-state index is 0.0183. The molecule has 18 heavy (non-hydrogen) atoms. The van der Waals surface area contributed by atoms with Crippen molar-refractivity contribution in [2.24, 2.45) is 0 Å². The number of carbonyl (C=O) groups is 1. The molecule has 1 heterocycles. The minimum Gasteiger partial charge on any atom is -0.476 e. The number of sulfonamides is 1. The van der Waals surface area contributed by atoms with Crippen LogP contribution in [-0.2, 0) is 14.8 Å². The third kappa shape index (κ3) is 2.26. The van der Waals surface area contributed by atoms with Crippen LogP contribution in [0.15, 0.2) is 24.3 Å². The number of carbonyl (C=O) groups excluding carboxylic acids is 1. The van der Waals surface area contributed by atoms with E-state index in [1.807, 2.05) is 0 Å². The second-order valence-electron chi connectivity index (χ2n) is 3.98. The number of nitrogens with zero attached hydrogens (tertiary/aromatic N) is 1.